The lowest BCUT2D eigenvalue weighted by atomic mass is 9.96. The quantitative estimate of drug-likeness (QED) is 0.476. The molecule has 3 N–H and O–H groups in total. The molecule has 3 aromatic rings. The highest BCUT2D eigenvalue weighted by Gasteiger charge is 2.33. The fourth-order valence-corrected chi connectivity index (χ4v) is 5.16. The molecule has 1 aromatic carbocycles. The molecule has 6 nitrogen and oxygen atoms in total. The lowest BCUT2D eigenvalue weighted by Gasteiger charge is -2.34. The van der Waals surface area contributed by atoms with E-state index in [9.17, 15) is 9.59 Å². The van der Waals surface area contributed by atoms with Gasteiger partial charge in [0.15, 0.2) is 0 Å². The van der Waals surface area contributed by atoms with Gasteiger partial charge in [0.1, 0.15) is 16.6 Å². The molecule has 0 saturated carbocycles. The molecule has 1 aliphatic rings. The van der Waals surface area contributed by atoms with Crippen molar-refractivity contribution in [1.82, 2.24) is 10.3 Å². The lowest BCUT2D eigenvalue weighted by molar-refractivity contribution is -0.120. The Morgan fingerprint density at radius 2 is 2.19 bits per heavy atom. The molecule has 0 aliphatic carbocycles. The number of aromatic amines is 1. The third-order valence-corrected chi connectivity index (χ3v) is 6.47. The number of para-hydroxylation sites is 1. The van der Waals surface area contributed by atoms with Gasteiger partial charge in [-0.15, -0.1) is 11.3 Å². The molecule has 0 saturated heterocycles. The van der Waals surface area contributed by atoms with E-state index < -0.39 is 6.04 Å². The van der Waals surface area contributed by atoms with E-state index in [-0.39, 0.29) is 18.4 Å². The number of H-pyrrole nitrogens is 1. The molecule has 3 heterocycles. The number of hydrogen-bond donors (Lipinski definition) is 3. The number of carbonyl (C=O) groups excluding carboxylic acids is 2. The summed E-state index contributed by atoms with van der Waals surface area (Å²) in [5, 5.41) is 13.0. The Kier molecular flexibility index (Phi) is 5.20. The summed E-state index contributed by atoms with van der Waals surface area (Å²) in [6.45, 7) is 0.441. The Balaban J connectivity index is 1.56. The van der Waals surface area contributed by atoms with Gasteiger partial charge in [0, 0.05) is 30.6 Å². The highest BCUT2D eigenvalue weighted by molar-refractivity contribution is 14.1. The molecule has 1 aliphatic heterocycles. The molecule has 0 fully saturated rings. The predicted molar refractivity (Wildman–Crippen MR) is 114 cm³/mol. The second-order valence-electron chi connectivity index (χ2n) is 6.44. The van der Waals surface area contributed by atoms with Crippen LogP contribution in [0, 0.1) is 2.88 Å². The fourth-order valence-electron chi connectivity index (χ4n) is 3.38. The largest absolute Gasteiger partial charge is 0.396 e. The van der Waals surface area contributed by atoms with Gasteiger partial charge in [-0.25, -0.2) is 0 Å². The number of fused-ring (bicyclic) bond motifs is 2. The second-order valence-corrected chi connectivity index (χ2v) is 9.39. The zero-order valence-corrected chi connectivity index (χ0v) is 17.3. The minimum atomic E-state index is -0.618. The normalized spacial score (nSPS) is 16.6. The van der Waals surface area contributed by atoms with Crippen LogP contribution in [0.15, 0.2) is 36.4 Å². The number of hydrogen-bond acceptors (Lipinski definition) is 4. The standard InChI is InChI=1S/C19H18IN3O3S/c20-16-10-12-9-13(22-18(12)27-16)17(25)21-14-8-11-4-1-2-5-15(11)23(19(14)26)6-3-7-24/h1-2,4-5,9-10,14,22,24H,3,6-8H2,(H,21,25). The number of amides is 2. The molecule has 2 amide bonds. The van der Waals surface area contributed by atoms with Gasteiger partial charge in [-0.1, -0.05) is 18.2 Å². The van der Waals surface area contributed by atoms with Crippen LogP contribution in [0.1, 0.15) is 22.5 Å². The Bertz CT molecular complexity index is 981. The van der Waals surface area contributed by atoms with E-state index in [0.717, 1.165) is 24.4 Å². The summed E-state index contributed by atoms with van der Waals surface area (Å²) in [7, 11) is 0. The molecule has 4 rings (SSSR count). The molecule has 1 atom stereocenters. The SMILES string of the molecule is O=C(NC1Cc2ccccc2N(CCCO)C1=O)c1cc2cc(I)sc2[nH]1. The van der Waals surface area contributed by atoms with Crippen molar-refractivity contribution in [2.24, 2.45) is 0 Å². The monoisotopic (exact) mass is 495 g/mol. The molecule has 0 spiro atoms. The van der Waals surface area contributed by atoms with Gasteiger partial charge in [-0.2, -0.15) is 0 Å². The summed E-state index contributed by atoms with van der Waals surface area (Å²) in [6, 6.07) is 10.9. The topological polar surface area (TPSA) is 85.4 Å². The van der Waals surface area contributed by atoms with Crippen LogP contribution in [0.3, 0.4) is 0 Å². The third kappa shape index (κ3) is 3.61. The van der Waals surface area contributed by atoms with E-state index in [0.29, 0.717) is 25.1 Å². The number of carbonyl (C=O) groups is 2. The van der Waals surface area contributed by atoms with Crippen LogP contribution in [0.2, 0.25) is 0 Å². The first-order valence-electron chi connectivity index (χ1n) is 8.66. The van der Waals surface area contributed by atoms with Crippen LogP contribution < -0.4 is 10.2 Å². The van der Waals surface area contributed by atoms with Gasteiger partial charge in [0.25, 0.3) is 5.91 Å². The Hall–Kier alpha value is -1.91. The fraction of sp³-hybridized carbons (Fsp3) is 0.263. The van der Waals surface area contributed by atoms with Gasteiger partial charge in [-0.05, 0) is 52.8 Å². The summed E-state index contributed by atoms with van der Waals surface area (Å²) >= 11 is 3.84. The molecule has 0 radical (unpaired) electrons. The summed E-state index contributed by atoms with van der Waals surface area (Å²) in [4.78, 5) is 31.4. The van der Waals surface area contributed by atoms with E-state index in [1.54, 1.807) is 16.2 Å². The van der Waals surface area contributed by atoms with Gasteiger partial charge < -0.3 is 20.3 Å². The molecular formula is C19H18IN3O3S. The second kappa shape index (κ2) is 7.61. The van der Waals surface area contributed by atoms with E-state index in [4.69, 9.17) is 5.11 Å². The summed E-state index contributed by atoms with van der Waals surface area (Å²) < 4.78 is 1.15. The molecule has 2 aromatic heterocycles. The van der Waals surface area contributed by atoms with E-state index in [2.05, 4.69) is 32.9 Å². The zero-order valence-electron chi connectivity index (χ0n) is 14.4. The third-order valence-electron chi connectivity index (χ3n) is 4.64. The maximum atomic E-state index is 12.9. The van der Waals surface area contributed by atoms with Crippen LogP contribution in [0.5, 0.6) is 0 Å². The van der Waals surface area contributed by atoms with Crippen molar-refractivity contribution in [2.45, 2.75) is 18.9 Å². The number of anilines is 1. The number of aliphatic hydroxyl groups is 1. The predicted octanol–water partition coefficient (Wildman–Crippen LogP) is 2.90. The van der Waals surface area contributed by atoms with Crippen molar-refractivity contribution in [3.8, 4) is 0 Å². The lowest BCUT2D eigenvalue weighted by Crippen LogP contribution is -2.53. The Labute approximate surface area is 173 Å². The van der Waals surface area contributed by atoms with Crippen LogP contribution in [0.25, 0.3) is 10.2 Å². The first kappa shape index (κ1) is 18.5. The first-order valence-corrected chi connectivity index (χ1v) is 10.6. The molecule has 1 unspecified atom stereocenters. The van der Waals surface area contributed by atoms with E-state index in [1.807, 2.05) is 36.4 Å². The molecule has 27 heavy (non-hydrogen) atoms. The van der Waals surface area contributed by atoms with Crippen molar-refractivity contribution in [1.29, 1.82) is 0 Å². The Morgan fingerprint density at radius 1 is 1.37 bits per heavy atom. The molecule has 140 valence electrons. The molecule has 0 bridgehead atoms. The van der Waals surface area contributed by atoms with E-state index >= 15 is 0 Å². The number of benzene rings is 1. The number of halogens is 1. The van der Waals surface area contributed by atoms with Crippen molar-refractivity contribution in [2.75, 3.05) is 18.1 Å². The molecule has 8 heteroatoms. The number of nitrogens with one attached hydrogen (secondary N) is 2. The minimum Gasteiger partial charge on any atom is -0.396 e. The van der Waals surface area contributed by atoms with Gasteiger partial charge >= 0.3 is 0 Å². The average molecular weight is 495 g/mol. The smallest absolute Gasteiger partial charge is 0.268 e. The number of thiophene rings is 1. The number of nitrogens with zero attached hydrogens (tertiary/aromatic N) is 1. The van der Waals surface area contributed by atoms with Crippen molar-refractivity contribution in [3.63, 3.8) is 0 Å². The highest BCUT2D eigenvalue weighted by Crippen LogP contribution is 2.29. The van der Waals surface area contributed by atoms with Crippen molar-refractivity contribution in [3.05, 3.63) is 50.5 Å². The van der Waals surface area contributed by atoms with E-state index in [1.165, 1.54) is 0 Å². The Morgan fingerprint density at radius 3 is 2.96 bits per heavy atom. The first-order chi connectivity index (χ1) is 13.1. The maximum absolute atomic E-state index is 12.9. The summed E-state index contributed by atoms with van der Waals surface area (Å²) in [6.07, 6.45) is 0.954. The number of rotatable bonds is 5. The van der Waals surface area contributed by atoms with Gasteiger partial charge in [0.05, 0.1) is 2.88 Å². The van der Waals surface area contributed by atoms with Crippen LogP contribution in [0.4, 0.5) is 5.69 Å². The van der Waals surface area contributed by atoms with Gasteiger partial charge in [0.2, 0.25) is 5.91 Å². The minimum absolute atomic E-state index is 0.0149. The van der Waals surface area contributed by atoms with Crippen LogP contribution in [-0.2, 0) is 11.2 Å². The van der Waals surface area contributed by atoms with Crippen LogP contribution in [-0.4, -0.2) is 41.1 Å². The molecular weight excluding hydrogens is 477 g/mol. The maximum Gasteiger partial charge on any atom is 0.268 e. The summed E-state index contributed by atoms with van der Waals surface area (Å²) in [5.41, 5.74) is 2.33. The number of aliphatic hydroxyl groups excluding tert-OH is 1. The highest BCUT2D eigenvalue weighted by atomic mass is 127. The van der Waals surface area contributed by atoms with Crippen molar-refractivity contribution < 1.29 is 14.7 Å². The van der Waals surface area contributed by atoms with Gasteiger partial charge in [-0.3, -0.25) is 9.59 Å². The van der Waals surface area contributed by atoms with Crippen molar-refractivity contribution >= 4 is 61.6 Å². The zero-order chi connectivity index (χ0) is 19.0. The number of aromatic nitrogens is 1. The van der Waals surface area contributed by atoms with Crippen LogP contribution >= 0.6 is 33.9 Å². The average Bonchev–Trinajstić information content (AvgIpc) is 3.19. The summed E-state index contributed by atoms with van der Waals surface area (Å²) in [5.74, 6) is -0.424.